The quantitative estimate of drug-likeness (QED) is 0.860. The summed E-state index contributed by atoms with van der Waals surface area (Å²) in [6.07, 6.45) is 0.799. The van der Waals surface area contributed by atoms with Crippen molar-refractivity contribution in [3.8, 4) is 11.5 Å². The molecule has 2 rings (SSSR count). The van der Waals surface area contributed by atoms with Crippen LogP contribution in [0.2, 0.25) is 0 Å². The van der Waals surface area contributed by atoms with E-state index in [0.29, 0.717) is 13.3 Å². The number of benzene rings is 1. The van der Waals surface area contributed by atoms with E-state index in [2.05, 4.69) is 15.9 Å². The number of rotatable bonds is 2. The second kappa shape index (κ2) is 3.55. The van der Waals surface area contributed by atoms with Crippen LogP contribution in [0, 0.1) is 0 Å². The number of fused-ring (bicyclic) bond motifs is 1. The van der Waals surface area contributed by atoms with Crippen LogP contribution >= 0.6 is 15.9 Å². The normalized spacial score (nSPS) is 13.4. The van der Waals surface area contributed by atoms with E-state index in [9.17, 15) is 0 Å². The highest BCUT2D eigenvalue weighted by Crippen LogP contribution is 2.39. The smallest absolute Gasteiger partial charge is 0.231 e. The molecule has 0 aromatic heterocycles. The molecule has 13 heavy (non-hydrogen) atoms. The van der Waals surface area contributed by atoms with Gasteiger partial charge < -0.3 is 15.2 Å². The van der Waals surface area contributed by atoms with Crippen molar-refractivity contribution in [2.45, 2.75) is 6.42 Å². The van der Waals surface area contributed by atoms with E-state index in [4.69, 9.17) is 15.2 Å². The Morgan fingerprint density at radius 3 is 3.00 bits per heavy atom. The van der Waals surface area contributed by atoms with E-state index in [1.807, 2.05) is 12.1 Å². The molecule has 70 valence electrons. The molecule has 0 spiro atoms. The van der Waals surface area contributed by atoms with Gasteiger partial charge in [-0.05, 0) is 25.1 Å². The maximum absolute atomic E-state index is 5.51. The fourth-order valence-electron chi connectivity index (χ4n) is 1.38. The molecule has 0 radical (unpaired) electrons. The summed E-state index contributed by atoms with van der Waals surface area (Å²) < 4.78 is 11.6. The summed E-state index contributed by atoms with van der Waals surface area (Å²) in [4.78, 5) is 0. The Labute approximate surface area is 85.0 Å². The first-order valence-electron chi connectivity index (χ1n) is 4.10. The van der Waals surface area contributed by atoms with Gasteiger partial charge in [-0.1, -0.05) is 15.9 Å². The molecule has 0 saturated heterocycles. The Bertz CT molecular complexity index is 328. The van der Waals surface area contributed by atoms with Crippen LogP contribution in [0.4, 0.5) is 0 Å². The first-order chi connectivity index (χ1) is 6.33. The van der Waals surface area contributed by atoms with Crippen LogP contribution < -0.4 is 15.2 Å². The third-order valence-electron chi connectivity index (χ3n) is 1.98. The van der Waals surface area contributed by atoms with Crippen molar-refractivity contribution in [3.05, 3.63) is 22.2 Å². The molecule has 0 saturated carbocycles. The minimum Gasteiger partial charge on any atom is -0.454 e. The van der Waals surface area contributed by atoms with Gasteiger partial charge in [0, 0.05) is 10.0 Å². The van der Waals surface area contributed by atoms with E-state index < -0.39 is 0 Å². The lowest BCUT2D eigenvalue weighted by Gasteiger charge is -2.06. The van der Waals surface area contributed by atoms with Gasteiger partial charge in [0.15, 0.2) is 11.5 Å². The van der Waals surface area contributed by atoms with E-state index >= 15 is 0 Å². The van der Waals surface area contributed by atoms with E-state index in [-0.39, 0.29) is 0 Å². The zero-order chi connectivity index (χ0) is 9.26. The van der Waals surface area contributed by atoms with Crippen molar-refractivity contribution in [2.75, 3.05) is 13.3 Å². The summed E-state index contributed by atoms with van der Waals surface area (Å²) >= 11 is 3.46. The molecule has 1 aromatic carbocycles. The molecule has 1 heterocycles. The lowest BCUT2D eigenvalue weighted by Crippen LogP contribution is -2.04. The van der Waals surface area contributed by atoms with E-state index in [1.54, 1.807) is 0 Å². The third kappa shape index (κ3) is 1.51. The van der Waals surface area contributed by atoms with Gasteiger partial charge in [-0.15, -0.1) is 0 Å². The third-order valence-corrected chi connectivity index (χ3v) is 2.72. The Kier molecular flexibility index (Phi) is 2.42. The van der Waals surface area contributed by atoms with Crippen LogP contribution in [0.25, 0.3) is 0 Å². The van der Waals surface area contributed by atoms with Gasteiger partial charge >= 0.3 is 0 Å². The molecular weight excluding hydrogens is 234 g/mol. The van der Waals surface area contributed by atoms with Crippen molar-refractivity contribution >= 4 is 15.9 Å². The molecule has 0 amide bonds. The minimum atomic E-state index is 0.309. The molecule has 0 atom stereocenters. The van der Waals surface area contributed by atoms with E-state index in [0.717, 1.165) is 28.0 Å². The fraction of sp³-hybridized carbons (Fsp3) is 0.333. The predicted octanol–water partition coefficient (Wildman–Crippen LogP) is 1.68. The average molecular weight is 244 g/mol. The number of ether oxygens (including phenoxy) is 2. The molecule has 0 aliphatic carbocycles. The SMILES string of the molecule is NCCc1c(Br)ccc2c1OCO2. The summed E-state index contributed by atoms with van der Waals surface area (Å²) in [6, 6.07) is 3.85. The highest BCUT2D eigenvalue weighted by Gasteiger charge is 2.18. The fourth-order valence-corrected chi connectivity index (χ4v) is 1.89. The second-order valence-corrected chi connectivity index (χ2v) is 3.65. The Morgan fingerprint density at radius 2 is 2.23 bits per heavy atom. The second-order valence-electron chi connectivity index (χ2n) is 2.80. The average Bonchev–Trinajstić information content (AvgIpc) is 2.58. The monoisotopic (exact) mass is 243 g/mol. The molecule has 4 heteroatoms. The number of hydrogen-bond acceptors (Lipinski definition) is 3. The predicted molar refractivity (Wildman–Crippen MR) is 53.0 cm³/mol. The Hall–Kier alpha value is -0.740. The molecule has 2 N–H and O–H groups in total. The Morgan fingerprint density at radius 1 is 1.38 bits per heavy atom. The summed E-state index contributed by atoms with van der Waals surface area (Å²) in [7, 11) is 0. The van der Waals surface area contributed by atoms with Crippen molar-refractivity contribution in [1.29, 1.82) is 0 Å². The van der Waals surface area contributed by atoms with Gasteiger partial charge in [0.05, 0.1) is 0 Å². The highest BCUT2D eigenvalue weighted by atomic mass is 79.9. The van der Waals surface area contributed by atoms with Gasteiger partial charge in [0.25, 0.3) is 0 Å². The van der Waals surface area contributed by atoms with Crippen LogP contribution in [0.5, 0.6) is 11.5 Å². The molecule has 0 bridgehead atoms. The number of hydrogen-bond donors (Lipinski definition) is 1. The van der Waals surface area contributed by atoms with Crippen LogP contribution in [-0.2, 0) is 6.42 Å². The summed E-state index contributed by atoms with van der Waals surface area (Å²) in [5.74, 6) is 1.64. The van der Waals surface area contributed by atoms with Gasteiger partial charge in [0.1, 0.15) is 0 Å². The lowest BCUT2D eigenvalue weighted by atomic mass is 10.1. The van der Waals surface area contributed by atoms with Crippen LogP contribution in [-0.4, -0.2) is 13.3 Å². The van der Waals surface area contributed by atoms with Crippen molar-refractivity contribution < 1.29 is 9.47 Å². The van der Waals surface area contributed by atoms with Crippen LogP contribution in [0.1, 0.15) is 5.56 Å². The molecule has 3 nitrogen and oxygen atoms in total. The lowest BCUT2D eigenvalue weighted by molar-refractivity contribution is 0.173. The van der Waals surface area contributed by atoms with Gasteiger partial charge in [-0.3, -0.25) is 0 Å². The topological polar surface area (TPSA) is 44.5 Å². The van der Waals surface area contributed by atoms with Crippen LogP contribution in [0.3, 0.4) is 0 Å². The first kappa shape index (κ1) is 8.84. The van der Waals surface area contributed by atoms with Gasteiger partial charge in [-0.2, -0.15) is 0 Å². The molecular formula is C9H10BrNO2. The zero-order valence-electron chi connectivity index (χ0n) is 7.05. The van der Waals surface area contributed by atoms with Crippen LogP contribution in [0.15, 0.2) is 16.6 Å². The summed E-state index contributed by atoms with van der Waals surface area (Å²) in [6.45, 7) is 0.918. The highest BCUT2D eigenvalue weighted by molar-refractivity contribution is 9.10. The maximum atomic E-state index is 5.51. The number of halogens is 1. The van der Waals surface area contributed by atoms with E-state index in [1.165, 1.54) is 0 Å². The van der Waals surface area contributed by atoms with Crippen molar-refractivity contribution in [2.24, 2.45) is 5.73 Å². The largest absolute Gasteiger partial charge is 0.454 e. The molecule has 1 aliphatic heterocycles. The molecule has 1 aliphatic rings. The standard InChI is InChI=1S/C9H10BrNO2/c10-7-1-2-8-9(13-5-12-8)6(7)3-4-11/h1-2H,3-5,11H2. The summed E-state index contributed by atoms with van der Waals surface area (Å²) in [5.41, 5.74) is 6.60. The van der Waals surface area contributed by atoms with Crippen molar-refractivity contribution in [3.63, 3.8) is 0 Å². The minimum absolute atomic E-state index is 0.309. The Balaban J connectivity index is 2.45. The first-order valence-corrected chi connectivity index (χ1v) is 4.89. The van der Waals surface area contributed by atoms with Crippen molar-refractivity contribution in [1.82, 2.24) is 0 Å². The molecule has 0 unspecified atom stereocenters. The molecule has 1 aromatic rings. The molecule has 0 fully saturated rings. The summed E-state index contributed by atoms with van der Waals surface area (Å²) in [5, 5.41) is 0. The zero-order valence-corrected chi connectivity index (χ0v) is 8.63. The maximum Gasteiger partial charge on any atom is 0.231 e. The van der Waals surface area contributed by atoms with Gasteiger partial charge in [-0.25, -0.2) is 0 Å². The number of nitrogens with two attached hydrogens (primary N) is 1. The van der Waals surface area contributed by atoms with Gasteiger partial charge in [0.2, 0.25) is 6.79 Å².